The van der Waals surface area contributed by atoms with Gasteiger partial charge in [-0.1, -0.05) is 72.8 Å². The van der Waals surface area contributed by atoms with Crippen LogP contribution in [0.15, 0.2) is 97.2 Å². The predicted molar refractivity (Wildman–Crippen MR) is 439 cm³/mol. The number of aliphatic hydroxyl groups excluding tert-OH is 1. The number of fused-ring (bicyclic) bond motifs is 2. The van der Waals surface area contributed by atoms with E-state index in [-0.39, 0.29) is 64.0 Å². The second-order valence-electron chi connectivity index (χ2n) is 29.4. The molecule has 0 bridgehead atoms. The van der Waals surface area contributed by atoms with Crippen molar-refractivity contribution in [2.24, 2.45) is 40.1 Å². The van der Waals surface area contributed by atoms with Crippen molar-refractivity contribution >= 4 is 140 Å². The summed E-state index contributed by atoms with van der Waals surface area (Å²) in [5, 5.41) is 53.2. The lowest BCUT2D eigenvalue weighted by Gasteiger charge is -2.34. The van der Waals surface area contributed by atoms with E-state index in [1.807, 2.05) is 6.07 Å². The second kappa shape index (κ2) is 47.7. The number of carboxylic acids is 1. The zero-order chi connectivity index (χ0) is 89.2. The predicted octanol–water partition coefficient (Wildman–Crippen LogP) is -5.42. The van der Waals surface area contributed by atoms with Crippen LogP contribution in [0.25, 0.3) is 21.7 Å². The van der Waals surface area contributed by atoms with E-state index in [9.17, 15) is 67.7 Å². The Labute approximate surface area is 699 Å². The van der Waals surface area contributed by atoms with E-state index in [1.165, 1.54) is 19.1 Å². The number of hydrogen-bond acceptors (Lipinski definition) is 23. The van der Waals surface area contributed by atoms with E-state index in [0.29, 0.717) is 38.7 Å². The van der Waals surface area contributed by atoms with Crippen molar-refractivity contribution in [2.75, 3.05) is 31.2 Å². The van der Waals surface area contributed by atoms with Crippen molar-refractivity contribution in [3.05, 3.63) is 114 Å². The lowest BCUT2D eigenvalue weighted by Crippen LogP contribution is -2.64. The van der Waals surface area contributed by atoms with E-state index < -0.39 is 254 Å². The van der Waals surface area contributed by atoms with Crippen molar-refractivity contribution in [3.8, 4) is 5.75 Å². The number of aliphatic carboxylic acids is 1. The van der Waals surface area contributed by atoms with E-state index in [2.05, 4.69) is 68.8 Å². The first-order valence-corrected chi connectivity index (χ1v) is 40.2. The molecular formula is C79H108N20O21S. The molecular weight excluding hydrogens is 1600 g/mol. The third-order valence-electron chi connectivity index (χ3n) is 19.5. The average molecular weight is 1710 g/mol. The largest absolute Gasteiger partial charge is 0.492 e. The molecule has 1 saturated heterocycles. The Balaban J connectivity index is 1.46. The number of rotatable bonds is 42. The van der Waals surface area contributed by atoms with Gasteiger partial charge in [0, 0.05) is 81.3 Å². The smallest absolute Gasteiger partial charge is 0.303 e. The molecule has 1 aromatic heterocycles. The fraction of sp³-hybridized carbons (Fsp3) is 0.468. The minimum Gasteiger partial charge on any atom is -0.492 e. The van der Waals surface area contributed by atoms with Crippen LogP contribution in [0.1, 0.15) is 121 Å². The minimum atomic E-state index is -2.14. The van der Waals surface area contributed by atoms with Gasteiger partial charge < -0.3 is 124 Å². The summed E-state index contributed by atoms with van der Waals surface area (Å²) in [7, 11) is 0. The van der Waals surface area contributed by atoms with Crippen LogP contribution in [0.3, 0.4) is 0 Å². The molecule has 2 heterocycles. The highest BCUT2D eigenvalue weighted by Crippen LogP contribution is 2.24. The van der Waals surface area contributed by atoms with Crippen LogP contribution in [0.4, 0.5) is 0 Å². The molecule has 4 aromatic carbocycles. The number of ether oxygens (including phenoxy) is 1. The van der Waals surface area contributed by atoms with Crippen molar-refractivity contribution in [3.63, 3.8) is 0 Å². The van der Waals surface area contributed by atoms with Crippen molar-refractivity contribution in [2.45, 2.75) is 202 Å². The molecule has 1 fully saturated rings. The maximum absolute atomic E-state index is 15.7. The Morgan fingerprint density at radius 3 is 1.76 bits per heavy atom. The molecule has 41 nitrogen and oxygen atoms in total. The number of aromatic amines is 1. The molecule has 1 aliphatic rings. The van der Waals surface area contributed by atoms with Crippen LogP contribution in [0.5, 0.6) is 5.75 Å². The average Bonchev–Trinajstić information content (AvgIpc) is 1.64. The van der Waals surface area contributed by atoms with Crippen LogP contribution in [0, 0.1) is 0 Å². The number of carbonyl (C=O) groups is 18. The van der Waals surface area contributed by atoms with Gasteiger partial charge in [-0.15, -0.1) is 0 Å². The molecule has 656 valence electrons. The zero-order valence-electron chi connectivity index (χ0n) is 67.1. The van der Waals surface area contributed by atoms with Gasteiger partial charge in [0.2, 0.25) is 100 Å². The fourth-order valence-corrected chi connectivity index (χ4v) is 14.0. The number of aliphatic hydroxyl groups is 1. The van der Waals surface area contributed by atoms with Gasteiger partial charge in [0.25, 0.3) is 0 Å². The van der Waals surface area contributed by atoms with Crippen molar-refractivity contribution < 1.29 is 101 Å². The van der Waals surface area contributed by atoms with Gasteiger partial charge in [0.05, 0.1) is 12.5 Å². The Morgan fingerprint density at radius 2 is 1.14 bits per heavy atom. The highest BCUT2D eigenvalue weighted by molar-refractivity contribution is 7.99. The number of unbranched alkanes of at least 4 members (excludes halogenated alkanes) is 1. The summed E-state index contributed by atoms with van der Waals surface area (Å²) in [6, 6.07) is 6.02. The summed E-state index contributed by atoms with van der Waals surface area (Å²) in [6.45, 7) is 3.77. The number of para-hydroxylation sites is 1. The molecule has 0 spiro atoms. The van der Waals surface area contributed by atoms with E-state index in [0.717, 1.165) is 31.0 Å². The number of amides is 17. The molecule has 5 aromatic rings. The molecule has 29 N–H and O–H groups in total. The molecule has 1 aliphatic heterocycles. The second-order valence-corrected chi connectivity index (χ2v) is 30.5. The number of aromatic nitrogens is 1. The summed E-state index contributed by atoms with van der Waals surface area (Å²) in [6.07, 6.45) is -6.95. The molecule has 17 amide bonds. The Bertz CT molecular complexity index is 4570. The number of primary amides is 5. The van der Waals surface area contributed by atoms with E-state index in [4.69, 9.17) is 44.9 Å². The van der Waals surface area contributed by atoms with Gasteiger partial charge >= 0.3 is 5.97 Å². The van der Waals surface area contributed by atoms with Crippen LogP contribution < -0.4 is 109 Å². The summed E-state index contributed by atoms with van der Waals surface area (Å²) in [4.78, 5) is 253. The van der Waals surface area contributed by atoms with Gasteiger partial charge in [0.1, 0.15) is 84.4 Å². The van der Waals surface area contributed by atoms with Crippen LogP contribution in [0.2, 0.25) is 0 Å². The number of thioether (sulfide) groups is 1. The molecule has 0 aliphatic carbocycles. The molecule has 0 saturated carbocycles. The van der Waals surface area contributed by atoms with Gasteiger partial charge in [0.15, 0.2) is 0 Å². The Morgan fingerprint density at radius 1 is 0.579 bits per heavy atom. The summed E-state index contributed by atoms with van der Waals surface area (Å²) in [5.74, 6) is -20.0. The first kappa shape index (κ1) is 97.0. The summed E-state index contributed by atoms with van der Waals surface area (Å²) in [5.41, 5.74) is 38.6. The number of nitrogens with two attached hydrogens (primary N) is 7. The standard InChI is InChI=1S/C79H108N20O21S/c1-41(100)66-77(118)95-58(37-47-39-87-50-13-7-6-12-49(47)50)73(114)91-52(21-25-62(83)103)68(109)96-60(40-121-33-28-55(88-42(2)101)70(111)90-53(71(112)98-66)22-26-63(84)104)75(116)92-56(35-43-15-18-48(19-16-43)120-32-31-81)72(113)93-57(36-44-14-17-45-10-4-5-11-46(45)34-44)76(117)99-79(3,29-8-9-30-80)78(119)97-54(23-27-65(106)107)69(110)94-59(38-64(85)105)74(115)89-51(67(86)108)20-24-61(82)102/h4-7,10-19,34,39,41,51-60,66,87,100H,8-9,20-33,35-38,40,80-81H2,1-3H3,(H2,82,102)(H2,83,103)(H2,84,104)(H2,85,105)(H2,86,108)(H,88,101)(H,89,115)(H,90,111)(H,91,114)(H,92,116)(H,93,113)(H,94,110)(H,95,118)(H,96,109)(H,97,119)(H,98,112)(H,99,117)(H,106,107)/t41-,51+,52+,53+,54+,55+,56+,57+,58+,59+,60+,66+,79+/m1/s1. The SMILES string of the molecule is CC(=O)N[C@H]1CCSC[C@@H](C(=O)N[C@@H](Cc2ccc(OCCN)cc2)C(=O)N[C@@H](Cc2ccc3ccccc3c2)C(=O)N[C@@](C)(CCCCN)C(=O)N[C@@H](CCC(=O)O)C(=O)N[C@@H](CC(N)=O)C(=O)N[C@@H](CCC(N)=O)C(N)=O)NC(=O)[C@H](CCC(N)=O)NC(=O)[C@H](Cc2c[nH]c3ccccc23)NC(=O)[C@H]([C@@H](C)O)NC(=O)[C@H](CCC(N)=O)NC1=O. The summed E-state index contributed by atoms with van der Waals surface area (Å²) < 4.78 is 5.71. The van der Waals surface area contributed by atoms with Crippen LogP contribution in [-0.4, -0.2) is 231 Å². The summed E-state index contributed by atoms with van der Waals surface area (Å²) >= 11 is 0.904. The molecule has 42 heteroatoms. The first-order chi connectivity index (χ1) is 57.4. The molecule has 6 rings (SSSR count). The van der Waals surface area contributed by atoms with Gasteiger partial charge in [-0.2, -0.15) is 11.8 Å². The lowest BCUT2D eigenvalue weighted by atomic mass is 9.91. The molecule has 121 heavy (non-hydrogen) atoms. The van der Waals surface area contributed by atoms with Crippen molar-refractivity contribution in [1.29, 1.82) is 0 Å². The van der Waals surface area contributed by atoms with E-state index >= 15 is 28.8 Å². The maximum atomic E-state index is 15.7. The molecule has 0 radical (unpaired) electrons. The number of carboxylic acid groups (broad SMARTS) is 1. The number of benzene rings is 4. The quantitative estimate of drug-likeness (QED) is 0.0162. The monoisotopic (exact) mass is 1700 g/mol. The molecule has 0 unspecified atom stereocenters. The third-order valence-corrected chi connectivity index (χ3v) is 20.6. The van der Waals surface area contributed by atoms with E-state index in [1.54, 1.807) is 79.0 Å². The Kier molecular flexibility index (Phi) is 38.2. The number of hydrogen-bond donors (Lipinski definition) is 22. The van der Waals surface area contributed by atoms with Gasteiger partial charge in [-0.25, -0.2) is 0 Å². The lowest BCUT2D eigenvalue weighted by molar-refractivity contribution is -0.140. The number of H-pyrrole nitrogens is 1. The molecule has 13 atom stereocenters. The maximum Gasteiger partial charge on any atom is 0.303 e. The zero-order valence-corrected chi connectivity index (χ0v) is 67.9. The number of nitrogens with one attached hydrogen (secondary N) is 13. The minimum absolute atomic E-state index is 0.0633. The van der Waals surface area contributed by atoms with Gasteiger partial charge in [-0.05, 0) is 123 Å². The van der Waals surface area contributed by atoms with Gasteiger partial charge in [-0.3, -0.25) is 86.3 Å². The first-order valence-electron chi connectivity index (χ1n) is 39.1. The highest BCUT2D eigenvalue weighted by Gasteiger charge is 2.42. The van der Waals surface area contributed by atoms with Crippen LogP contribution in [-0.2, 0) is 106 Å². The fourth-order valence-electron chi connectivity index (χ4n) is 13.0. The third kappa shape index (κ3) is 31.8. The number of carbonyl (C=O) groups excluding carboxylic acids is 17. The van der Waals surface area contributed by atoms with Crippen LogP contribution >= 0.6 is 11.8 Å². The normalized spacial score (nSPS) is 18.9. The Hall–Kier alpha value is -12.8. The highest BCUT2D eigenvalue weighted by atomic mass is 32.2. The topological polar surface area (TPSA) is 699 Å². The van der Waals surface area contributed by atoms with Crippen molar-refractivity contribution in [1.82, 2.24) is 68.8 Å².